The van der Waals surface area contributed by atoms with Gasteiger partial charge in [-0.2, -0.15) is 0 Å². The first-order chi connectivity index (χ1) is 23.8. The van der Waals surface area contributed by atoms with Crippen LogP contribution in [0.1, 0.15) is 107 Å². The van der Waals surface area contributed by atoms with Crippen LogP contribution in [-0.2, 0) is 25.5 Å². The van der Waals surface area contributed by atoms with Crippen molar-refractivity contribution in [3.05, 3.63) is 52.0 Å². The lowest BCUT2D eigenvalue weighted by atomic mass is 9.92. The quantitative estimate of drug-likeness (QED) is 0.172. The summed E-state index contributed by atoms with van der Waals surface area (Å²) in [4.78, 5) is 61.2. The lowest BCUT2D eigenvalue weighted by Crippen LogP contribution is -2.58. The van der Waals surface area contributed by atoms with Gasteiger partial charge in [-0.05, 0) is 63.6 Å². The molecule has 1 fully saturated rings. The molecule has 2 heterocycles. The number of nitrogens with zero attached hydrogens (tertiary/aromatic N) is 3. The largest absolute Gasteiger partial charge is 0.481 e. The van der Waals surface area contributed by atoms with Gasteiger partial charge in [-0.1, -0.05) is 77.8 Å². The molecule has 3 rings (SSSR count). The number of aliphatic carboxylic acids is 1. The third-order valence-corrected chi connectivity index (χ3v) is 11.0. The molecule has 278 valence electrons. The molecule has 0 bridgehead atoms. The molecule has 50 heavy (non-hydrogen) atoms. The zero-order chi connectivity index (χ0) is 37.0. The van der Waals surface area contributed by atoms with Gasteiger partial charge in [0.1, 0.15) is 22.8 Å². The molecule has 3 amide bonds. The van der Waals surface area contributed by atoms with E-state index in [1.807, 2.05) is 58.2 Å². The van der Waals surface area contributed by atoms with E-state index in [0.717, 1.165) is 37.8 Å². The molecule has 0 saturated carbocycles. The summed E-state index contributed by atoms with van der Waals surface area (Å²) in [7, 11) is 3.77. The fourth-order valence-electron chi connectivity index (χ4n) is 6.68. The first-order valence-corrected chi connectivity index (χ1v) is 19.1. The molecule has 2 aromatic rings. The Morgan fingerprint density at radius 3 is 2.36 bits per heavy atom. The molecule has 0 aliphatic carbocycles. The van der Waals surface area contributed by atoms with Crippen LogP contribution in [0.15, 0.2) is 35.7 Å². The SMILES string of the molecule is CCO[C@H](C[C@H](C(C)C)N(C)C(=O)[C@@H](NC(=O)C1CCCCN1C)[C@H](C)CC)c1nc(C(=O)N[C@@H](Cc2ccccc2)C[C@H](C)C(=O)O)cs1. The predicted octanol–water partition coefficient (Wildman–Crippen LogP) is 5.56. The van der Waals surface area contributed by atoms with Gasteiger partial charge >= 0.3 is 5.97 Å². The number of aromatic nitrogens is 1. The van der Waals surface area contributed by atoms with Crippen molar-refractivity contribution in [2.75, 3.05) is 27.2 Å². The average Bonchev–Trinajstić information content (AvgIpc) is 3.59. The summed E-state index contributed by atoms with van der Waals surface area (Å²) >= 11 is 1.33. The van der Waals surface area contributed by atoms with Crippen LogP contribution in [-0.4, -0.2) is 95.0 Å². The normalized spacial score (nSPS) is 18.8. The molecule has 3 N–H and O–H groups in total. The van der Waals surface area contributed by atoms with Gasteiger partial charge in [-0.25, -0.2) is 4.98 Å². The summed E-state index contributed by atoms with van der Waals surface area (Å²) in [6, 6.07) is 8.16. The standard InChI is InChI=1S/C38H59N5O6S/c1-9-25(5)33(41-35(45)30-18-14-15-19-42(30)7)37(46)43(8)31(24(3)4)22-32(49-10-2)36-40-29(23-50-36)34(44)39-28(20-26(6)38(47)48)21-27-16-12-11-13-17-27/h11-13,16-17,23-26,28,30-33H,9-10,14-15,18-22H2,1-8H3,(H,39,44)(H,41,45)(H,47,48)/t25-,26+,28-,30?,31-,32-,33+/m1/s1. The topological polar surface area (TPSA) is 141 Å². The van der Waals surface area contributed by atoms with Crippen molar-refractivity contribution in [3.8, 4) is 0 Å². The Morgan fingerprint density at radius 2 is 1.76 bits per heavy atom. The smallest absolute Gasteiger partial charge is 0.306 e. The Bertz CT molecular complexity index is 1390. The number of hydrogen-bond acceptors (Lipinski definition) is 8. The summed E-state index contributed by atoms with van der Waals surface area (Å²) in [5.41, 5.74) is 1.24. The Labute approximate surface area is 302 Å². The van der Waals surface area contributed by atoms with Crippen molar-refractivity contribution in [3.63, 3.8) is 0 Å². The number of carbonyl (C=O) groups excluding carboxylic acids is 3. The molecule has 12 heteroatoms. The molecule has 1 saturated heterocycles. The molecular formula is C38H59N5O6S. The number of carboxylic acids is 1. The maximum Gasteiger partial charge on any atom is 0.306 e. The second-order valence-electron chi connectivity index (χ2n) is 14.2. The number of carboxylic acid groups (broad SMARTS) is 1. The van der Waals surface area contributed by atoms with Crippen molar-refractivity contribution in [2.24, 2.45) is 17.8 Å². The number of nitrogens with one attached hydrogen (secondary N) is 2. The first-order valence-electron chi connectivity index (χ1n) is 18.2. The molecule has 1 aliphatic heterocycles. The van der Waals surface area contributed by atoms with Crippen LogP contribution in [0.25, 0.3) is 0 Å². The van der Waals surface area contributed by atoms with E-state index < -0.39 is 30.1 Å². The maximum absolute atomic E-state index is 14.2. The highest BCUT2D eigenvalue weighted by atomic mass is 32.1. The molecule has 1 aromatic heterocycles. The Hall–Kier alpha value is -3.35. The number of piperidine rings is 1. The second kappa shape index (κ2) is 19.9. The lowest BCUT2D eigenvalue weighted by molar-refractivity contribution is -0.141. The number of likely N-dealkylation sites (tertiary alicyclic amines) is 1. The highest BCUT2D eigenvalue weighted by Crippen LogP contribution is 2.31. The number of rotatable bonds is 19. The molecule has 0 spiro atoms. The van der Waals surface area contributed by atoms with Gasteiger partial charge in [0.25, 0.3) is 5.91 Å². The van der Waals surface area contributed by atoms with Crippen molar-refractivity contribution in [2.45, 2.75) is 117 Å². The summed E-state index contributed by atoms with van der Waals surface area (Å²) < 4.78 is 6.19. The van der Waals surface area contributed by atoms with E-state index >= 15 is 0 Å². The van der Waals surface area contributed by atoms with Crippen molar-refractivity contribution < 1.29 is 29.0 Å². The zero-order valence-corrected chi connectivity index (χ0v) is 32.0. The van der Waals surface area contributed by atoms with Gasteiger partial charge in [-0.3, -0.25) is 24.1 Å². The van der Waals surface area contributed by atoms with E-state index in [0.29, 0.717) is 24.5 Å². The van der Waals surface area contributed by atoms with Crippen molar-refractivity contribution in [1.82, 2.24) is 25.4 Å². The molecule has 1 aromatic carbocycles. The van der Waals surface area contributed by atoms with Gasteiger partial charge in [0, 0.05) is 37.5 Å². The minimum atomic E-state index is -0.911. The van der Waals surface area contributed by atoms with E-state index in [9.17, 15) is 24.3 Å². The van der Waals surface area contributed by atoms with Gasteiger partial charge in [-0.15, -0.1) is 11.3 Å². The number of carbonyl (C=O) groups is 4. The number of likely N-dealkylation sites (N-methyl/N-ethyl adjacent to an activating group) is 2. The van der Waals surface area contributed by atoms with Crippen LogP contribution in [0.3, 0.4) is 0 Å². The second-order valence-corrected chi connectivity index (χ2v) is 15.1. The maximum atomic E-state index is 14.2. The van der Waals surface area contributed by atoms with Gasteiger partial charge in [0.2, 0.25) is 11.8 Å². The van der Waals surface area contributed by atoms with Crippen LogP contribution in [0.4, 0.5) is 0 Å². The lowest BCUT2D eigenvalue weighted by Gasteiger charge is -2.38. The highest BCUT2D eigenvalue weighted by Gasteiger charge is 2.37. The Balaban J connectivity index is 1.77. The van der Waals surface area contributed by atoms with Crippen LogP contribution in [0.5, 0.6) is 0 Å². The van der Waals surface area contributed by atoms with E-state index in [1.165, 1.54) is 11.3 Å². The summed E-state index contributed by atoms with van der Waals surface area (Å²) in [5, 5.41) is 18.0. The zero-order valence-electron chi connectivity index (χ0n) is 31.2. The van der Waals surface area contributed by atoms with Crippen LogP contribution in [0.2, 0.25) is 0 Å². The number of ether oxygens (including phenoxy) is 1. The fraction of sp³-hybridized carbons (Fsp3) is 0.658. The Morgan fingerprint density at radius 1 is 1.06 bits per heavy atom. The first kappa shape index (κ1) is 41.1. The van der Waals surface area contributed by atoms with Gasteiger partial charge in [0.15, 0.2) is 0 Å². The molecule has 0 radical (unpaired) electrons. The van der Waals surface area contributed by atoms with Crippen LogP contribution < -0.4 is 10.6 Å². The third kappa shape index (κ3) is 11.6. The predicted molar refractivity (Wildman–Crippen MR) is 197 cm³/mol. The van der Waals surface area contributed by atoms with Crippen LogP contribution in [0, 0.1) is 17.8 Å². The average molecular weight is 714 g/mol. The summed E-state index contributed by atoms with van der Waals surface area (Å²) in [5.74, 6) is -2.11. The van der Waals surface area contributed by atoms with Crippen LogP contribution >= 0.6 is 11.3 Å². The molecular weight excluding hydrogens is 655 g/mol. The molecule has 1 unspecified atom stereocenters. The minimum absolute atomic E-state index is 0.0532. The molecule has 11 nitrogen and oxygen atoms in total. The monoisotopic (exact) mass is 713 g/mol. The van der Waals surface area contributed by atoms with Crippen molar-refractivity contribution in [1.29, 1.82) is 0 Å². The Kier molecular flexibility index (Phi) is 16.3. The number of hydrogen-bond donors (Lipinski definition) is 3. The highest BCUT2D eigenvalue weighted by molar-refractivity contribution is 7.09. The molecule has 7 atom stereocenters. The minimum Gasteiger partial charge on any atom is -0.481 e. The van der Waals surface area contributed by atoms with Crippen molar-refractivity contribution >= 4 is 35.0 Å². The fourth-order valence-corrected chi connectivity index (χ4v) is 7.54. The summed E-state index contributed by atoms with van der Waals surface area (Å²) in [6.07, 6.45) is 4.36. The number of thiazole rings is 1. The molecule has 1 aliphatic rings. The number of benzene rings is 1. The van der Waals surface area contributed by atoms with E-state index in [4.69, 9.17) is 9.72 Å². The summed E-state index contributed by atoms with van der Waals surface area (Å²) in [6.45, 7) is 13.0. The van der Waals surface area contributed by atoms with E-state index in [2.05, 4.69) is 29.4 Å². The number of amides is 3. The third-order valence-electron chi connectivity index (χ3n) is 10.0. The van der Waals surface area contributed by atoms with E-state index in [1.54, 1.807) is 24.3 Å². The van der Waals surface area contributed by atoms with E-state index in [-0.39, 0.29) is 53.8 Å². The van der Waals surface area contributed by atoms with Gasteiger partial charge in [0.05, 0.1) is 12.0 Å². The van der Waals surface area contributed by atoms with Gasteiger partial charge < -0.3 is 25.4 Å².